The molecule has 0 aliphatic rings. The first-order valence-corrected chi connectivity index (χ1v) is 6.89. The zero-order valence-corrected chi connectivity index (χ0v) is 10.7. The highest BCUT2D eigenvalue weighted by molar-refractivity contribution is 7.69. The number of benzene rings is 1. The normalized spacial score (nSPS) is 11.2. The maximum absolute atomic E-state index is 10.8. The van der Waals surface area contributed by atoms with E-state index in [2.05, 4.69) is 0 Å². The van der Waals surface area contributed by atoms with Crippen molar-refractivity contribution in [3.8, 4) is 0 Å². The molecule has 0 saturated heterocycles. The molecule has 0 atom stereocenters. The van der Waals surface area contributed by atoms with Gasteiger partial charge in [0.15, 0.2) is 0 Å². The zero-order chi connectivity index (χ0) is 11.8. The summed E-state index contributed by atoms with van der Waals surface area (Å²) < 4.78 is 23.1. The summed E-state index contributed by atoms with van der Waals surface area (Å²) in [5.74, 6) is 0.342. The Hall–Kier alpha value is -0.580. The molecule has 0 radical (unpaired) electrons. The van der Waals surface area contributed by atoms with Crippen LogP contribution in [-0.2, 0) is 17.3 Å². The summed E-state index contributed by atoms with van der Waals surface area (Å²) in [4.78, 5) is 0. The number of halogens is 1. The number of thiol groups is 1. The molecule has 1 aromatic carbocycles. The van der Waals surface area contributed by atoms with Gasteiger partial charge in [-0.25, -0.2) is 12.7 Å². The number of nitrogens with zero attached hydrogens (tertiary/aromatic N) is 1. The Morgan fingerprint density at radius 1 is 1.12 bits per heavy atom. The third kappa shape index (κ3) is 4.96. The molecule has 0 spiro atoms. The van der Waals surface area contributed by atoms with Crippen LogP contribution in [0.5, 0.6) is 0 Å². The van der Waals surface area contributed by atoms with Crippen molar-refractivity contribution in [3.05, 3.63) is 35.9 Å². The Balaban J connectivity index is 2.33. The monoisotopic (exact) mass is 261 g/mol. The maximum Gasteiger partial charge on any atom is 0.203 e. The fourth-order valence-corrected chi connectivity index (χ4v) is 2.37. The van der Waals surface area contributed by atoms with Crippen molar-refractivity contribution in [2.75, 3.05) is 19.0 Å². The zero-order valence-electron chi connectivity index (χ0n) is 9.01. The van der Waals surface area contributed by atoms with E-state index in [1.54, 1.807) is 0 Å². The van der Waals surface area contributed by atoms with E-state index in [-0.39, 0.29) is 0 Å². The predicted molar refractivity (Wildman–Crippen MR) is 67.4 cm³/mol. The third-order valence-corrected chi connectivity index (χ3v) is 3.33. The summed E-state index contributed by atoms with van der Waals surface area (Å²) in [7, 11) is -2.50. The molecule has 0 aliphatic carbocycles. The molecule has 3 nitrogen and oxygen atoms in total. The summed E-state index contributed by atoms with van der Waals surface area (Å²) in [6.45, 7) is 0.940. The number of hydrogen-bond donors (Lipinski definition) is 1. The minimum Gasteiger partial charge on any atom is -0.215 e. The van der Waals surface area contributed by atoms with Crippen molar-refractivity contribution in [2.24, 2.45) is 0 Å². The average molecular weight is 262 g/mol. The van der Waals surface area contributed by atoms with E-state index >= 15 is 0 Å². The van der Waals surface area contributed by atoms with E-state index in [1.807, 2.05) is 30.3 Å². The third-order valence-electron chi connectivity index (χ3n) is 2.30. The molecule has 0 N–H and O–H groups in total. The predicted octanol–water partition coefficient (Wildman–Crippen LogP) is 1.69. The van der Waals surface area contributed by atoms with Crippen LogP contribution in [0, 0.1) is 0 Å². The lowest BCUT2D eigenvalue weighted by Gasteiger charge is -2.12. The van der Waals surface area contributed by atoms with Crippen molar-refractivity contribution >= 4 is 22.5 Å². The average Bonchev–Trinajstić information content (AvgIpc) is 2.29. The van der Waals surface area contributed by atoms with E-state index in [0.717, 1.165) is 12.8 Å². The van der Waals surface area contributed by atoms with Crippen LogP contribution in [0.1, 0.15) is 12.0 Å². The number of aryl methyl sites for hydroxylation is 1. The Morgan fingerprint density at radius 3 is 2.38 bits per heavy atom. The SMILES string of the molecule is O=[SH](=O)N(CCCl)CCCc1ccccc1. The van der Waals surface area contributed by atoms with Crippen molar-refractivity contribution in [1.29, 1.82) is 0 Å². The maximum atomic E-state index is 10.8. The van der Waals surface area contributed by atoms with Crippen LogP contribution in [0.15, 0.2) is 30.3 Å². The van der Waals surface area contributed by atoms with Crippen LogP contribution >= 0.6 is 11.6 Å². The summed E-state index contributed by atoms with van der Waals surface area (Å²) in [6.07, 6.45) is 1.72. The van der Waals surface area contributed by atoms with Gasteiger partial charge in [-0.2, -0.15) is 0 Å². The lowest BCUT2D eigenvalue weighted by Crippen LogP contribution is -2.25. The minimum atomic E-state index is -2.50. The van der Waals surface area contributed by atoms with Crippen molar-refractivity contribution in [2.45, 2.75) is 12.8 Å². The molecule has 1 rings (SSSR count). The van der Waals surface area contributed by atoms with Crippen LogP contribution in [0.2, 0.25) is 0 Å². The number of hydrogen-bond acceptors (Lipinski definition) is 2. The van der Waals surface area contributed by atoms with E-state index in [4.69, 9.17) is 11.6 Å². The highest BCUT2D eigenvalue weighted by Crippen LogP contribution is 2.03. The second-order valence-corrected chi connectivity index (χ2v) is 4.89. The van der Waals surface area contributed by atoms with Gasteiger partial charge in [0, 0.05) is 19.0 Å². The summed E-state index contributed by atoms with van der Waals surface area (Å²) >= 11 is 5.53. The Labute approximate surface area is 103 Å². The van der Waals surface area contributed by atoms with Crippen molar-refractivity contribution in [3.63, 3.8) is 0 Å². The van der Waals surface area contributed by atoms with Crippen LogP contribution in [0.25, 0.3) is 0 Å². The first kappa shape index (κ1) is 13.5. The molecule has 0 heterocycles. The highest BCUT2D eigenvalue weighted by Gasteiger charge is 2.05. The highest BCUT2D eigenvalue weighted by atomic mass is 35.5. The van der Waals surface area contributed by atoms with Gasteiger partial charge in [-0.15, -0.1) is 11.6 Å². The van der Waals surface area contributed by atoms with E-state index in [9.17, 15) is 8.42 Å². The van der Waals surface area contributed by atoms with Gasteiger partial charge < -0.3 is 0 Å². The standard InChI is InChI=1S/C11H16ClNO2S/c12-8-10-13(16(14)15)9-4-7-11-5-2-1-3-6-11/h1-3,5-6,16H,4,7-10H2. The first-order valence-electron chi connectivity index (χ1n) is 5.23. The summed E-state index contributed by atoms with van der Waals surface area (Å²) in [5, 5.41) is 0. The number of alkyl halides is 1. The summed E-state index contributed by atoms with van der Waals surface area (Å²) in [6, 6.07) is 10.0. The summed E-state index contributed by atoms with van der Waals surface area (Å²) in [5.41, 5.74) is 1.23. The second-order valence-electron chi connectivity index (χ2n) is 3.47. The van der Waals surface area contributed by atoms with Crippen LogP contribution < -0.4 is 0 Å². The van der Waals surface area contributed by atoms with Crippen molar-refractivity contribution in [1.82, 2.24) is 4.31 Å². The van der Waals surface area contributed by atoms with E-state index < -0.39 is 10.9 Å². The van der Waals surface area contributed by atoms with Gasteiger partial charge in [-0.1, -0.05) is 30.3 Å². The lowest BCUT2D eigenvalue weighted by atomic mass is 10.1. The van der Waals surface area contributed by atoms with Gasteiger partial charge in [0.2, 0.25) is 10.9 Å². The molecule has 5 heteroatoms. The molecule has 1 aromatic rings. The van der Waals surface area contributed by atoms with Gasteiger partial charge >= 0.3 is 0 Å². The fourth-order valence-electron chi connectivity index (χ4n) is 1.48. The molecule has 0 saturated carbocycles. The van der Waals surface area contributed by atoms with Crippen LogP contribution in [0.3, 0.4) is 0 Å². The van der Waals surface area contributed by atoms with Gasteiger partial charge in [0.05, 0.1) is 0 Å². The molecule has 90 valence electrons. The first-order chi connectivity index (χ1) is 7.74. The van der Waals surface area contributed by atoms with Gasteiger partial charge in [-0.3, -0.25) is 0 Å². The Kier molecular flexibility index (Phi) is 6.45. The molecular weight excluding hydrogens is 246 g/mol. The van der Waals surface area contributed by atoms with Gasteiger partial charge in [0.1, 0.15) is 0 Å². The van der Waals surface area contributed by atoms with Gasteiger partial charge in [0.25, 0.3) is 0 Å². The molecule has 0 amide bonds. The van der Waals surface area contributed by atoms with Crippen LogP contribution in [-0.4, -0.2) is 31.7 Å². The molecule has 16 heavy (non-hydrogen) atoms. The molecule has 0 aromatic heterocycles. The van der Waals surface area contributed by atoms with Crippen LogP contribution in [0.4, 0.5) is 0 Å². The van der Waals surface area contributed by atoms with Crippen molar-refractivity contribution < 1.29 is 8.42 Å². The second kappa shape index (κ2) is 7.65. The lowest BCUT2D eigenvalue weighted by molar-refractivity contribution is 0.437. The molecular formula is C11H16ClNO2S. The largest absolute Gasteiger partial charge is 0.215 e. The molecule has 0 unspecified atom stereocenters. The smallest absolute Gasteiger partial charge is 0.203 e. The molecule has 0 aliphatic heterocycles. The Morgan fingerprint density at radius 2 is 1.81 bits per heavy atom. The topological polar surface area (TPSA) is 37.4 Å². The van der Waals surface area contributed by atoms with E-state index in [1.165, 1.54) is 9.87 Å². The van der Waals surface area contributed by atoms with E-state index in [0.29, 0.717) is 19.0 Å². The fraction of sp³-hybridized carbons (Fsp3) is 0.455. The molecule has 0 fully saturated rings. The number of rotatable bonds is 7. The molecule has 0 bridgehead atoms. The minimum absolute atomic E-state index is 0.342. The quantitative estimate of drug-likeness (QED) is 0.599. The van der Waals surface area contributed by atoms with Gasteiger partial charge in [-0.05, 0) is 18.4 Å². The Bertz CT molecular complexity index is 360.